The van der Waals surface area contributed by atoms with Gasteiger partial charge in [0.15, 0.2) is 0 Å². The second-order valence-electron chi connectivity index (χ2n) is 5.69. The van der Waals surface area contributed by atoms with Crippen molar-refractivity contribution in [1.29, 1.82) is 0 Å². The third-order valence-electron chi connectivity index (χ3n) is 3.91. The van der Waals surface area contributed by atoms with Gasteiger partial charge in [-0.1, -0.05) is 31.0 Å². The standard InChI is InChI=1S/C17H22N2O4/c20-15-10-6-1-2-7-11-18(15)12-16(21)19(13-17(22)23)14-8-4-3-5-9-14/h3-5,8-9H,1-2,6-7,10-13H2,(H,22,23). The number of carboxylic acids is 1. The first-order valence-corrected chi connectivity index (χ1v) is 7.93. The van der Waals surface area contributed by atoms with Crippen LogP contribution in [0.3, 0.4) is 0 Å². The Morgan fingerprint density at radius 1 is 1.09 bits per heavy atom. The first-order chi connectivity index (χ1) is 11.1. The van der Waals surface area contributed by atoms with Crippen LogP contribution in [-0.2, 0) is 14.4 Å². The van der Waals surface area contributed by atoms with E-state index in [4.69, 9.17) is 5.11 Å². The first-order valence-electron chi connectivity index (χ1n) is 7.93. The molecular weight excluding hydrogens is 296 g/mol. The lowest BCUT2D eigenvalue weighted by atomic mass is 10.1. The van der Waals surface area contributed by atoms with Gasteiger partial charge in [0.1, 0.15) is 13.1 Å². The number of benzene rings is 1. The van der Waals surface area contributed by atoms with Crippen LogP contribution in [0.4, 0.5) is 5.69 Å². The Bertz CT molecular complexity index is 559. The Labute approximate surface area is 135 Å². The minimum Gasteiger partial charge on any atom is -0.480 e. The summed E-state index contributed by atoms with van der Waals surface area (Å²) in [5.41, 5.74) is 0.527. The van der Waals surface area contributed by atoms with E-state index in [-0.39, 0.29) is 18.4 Å². The minimum atomic E-state index is -1.08. The fraction of sp³-hybridized carbons (Fsp3) is 0.471. The van der Waals surface area contributed by atoms with Crippen LogP contribution in [0.25, 0.3) is 0 Å². The second-order valence-corrected chi connectivity index (χ2v) is 5.69. The zero-order chi connectivity index (χ0) is 16.7. The highest BCUT2D eigenvalue weighted by molar-refractivity contribution is 5.99. The molecule has 2 amide bonds. The van der Waals surface area contributed by atoms with Crippen molar-refractivity contribution < 1.29 is 19.5 Å². The molecule has 1 aliphatic rings. The lowest BCUT2D eigenvalue weighted by Gasteiger charge is -2.28. The van der Waals surface area contributed by atoms with Gasteiger partial charge < -0.3 is 10.0 Å². The van der Waals surface area contributed by atoms with Crippen LogP contribution in [0.1, 0.15) is 32.1 Å². The molecule has 1 heterocycles. The van der Waals surface area contributed by atoms with E-state index < -0.39 is 12.5 Å². The van der Waals surface area contributed by atoms with E-state index in [9.17, 15) is 14.4 Å². The van der Waals surface area contributed by atoms with Gasteiger partial charge in [-0.2, -0.15) is 0 Å². The normalized spacial score (nSPS) is 15.7. The monoisotopic (exact) mass is 318 g/mol. The molecule has 0 atom stereocenters. The molecule has 1 aliphatic heterocycles. The molecule has 6 nitrogen and oxygen atoms in total. The number of aliphatic carboxylic acids is 1. The molecule has 1 fully saturated rings. The summed E-state index contributed by atoms with van der Waals surface area (Å²) in [5.74, 6) is -1.48. The highest BCUT2D eigenvalue weighted by Crippen LogP contribution is 2.16. The van der Waals surface area contributed by atoms with E-state index in [2.05, 4.69) is 0 Å². The number of likely N-dealkylation sites (tertiary alicyclic amines) is 1. The van der Waals surface area contributed by atoms with Crippen LogP contribution < -0.4 is 4.90 Å². The summed E-state index contributed by atoms with van der Waals surface area (Å²) in [5, 5.41) is 9.06. The molecule has 2 rings (SSSR count). The summed E-state index contributed by atoms with van der Waals surface area (Å²) in [6.45, 7) is 0.0756. The van der Waals surface area contributed by atoms with Crippen LogP contribution in [0.2, 0.25) is 0 Å². The molecule has 0 unspecified atom stereocenters. The molecule has 1 aromatic rings. The molecule has 0 bridgehead atoms. The average molecular weight is 318 g/mol. The van der Waals surface area contributed by atoms with E-state index in [1.165, 1.54) is 4.90 Å². The predicted octanol–water partition coefficient (Wildman–Crippen LogP) is 1.90. The highest BCUT2D eigenvalue weighted by Gasteiger charge is 2.24. The van der Waals surface area contributed by atoms with Crippen molar-refractivity contribution in [2.75, 3.05) is 24.5 Å². The Morgan fingerprint density at radius 3 is 2.48 bits per heavy atom. The number of carbonyl (C=O) groups is 3. The summed E-state index contributed by atoms with van der Waals surface area (Å²) < 4.78 is 0. The number of hydrogen-bond donors (Lipinski definition) is 1. The van der Waals surface area contributed by atoms with Gasteiger partial charge in [0.05, 0.1) is 0 Å². The van der Waals surface area contributed by atoms with Gasteiger partial charge >= 0.3 is 5.97 Å². The average Bonchev–Trinajstić information content (AvgIpc) is 2.53. The van der Waals surface area contributed by atoms with Crippen LogP contribution in [0.5, 0.6) is 0 Å². The number of nitrogens with zero attached hydrogens (tertiary/aromatic N) is 2. The summed E-state index contributed by atoms with van der Waals surface area (Å²) >= 11 is 0. The maximum absolute atomic E-state index is 12.6. The fourth-order valence-corrected chi connectivity index (χ4v) is 2.70. The Morgan fingerprint density at radius 2 is 1.78 bits per heavy atom. The molecule has 124 valence electrons. The summed E-state index contributed by atoms with van der Waals surface area (Å²) in [6.07, 6.45) is 4.28. The van der Waals surface area contributed by atoms with Crippen molar-refractivity contribution >= 4 is 23.5 Å². The van der Waals surface area contributed by atoms with Crippen molar-refractivity contribution in [3.8, 4) is 0 Å². The topological polar surface area (TPSA) is 77.9 Å². The molecule has 1 N–H and O–H groups in total. The first kappa shape index (κ1) is 17.0. The van der Waals surface area contributed by atoms with E-state index in [0.29, 0.717) is 18.7 Å². The van der Waals surface area contributed by atoms with Gasteiger partial charge in [0, 0.05) is 18.7 Å². The molecule has 0 aliphatic carbocycles. The number of amides is 2. The van der Waals surface area contributed by atoms with Gasteiger partial charge in [-0.25, -0.2) is 0 Å². The quantitative estimate of drug-likeness (QED) is 0.899. The van der Waals surface area contributed by atoms with Crippen molar-refractivity contribution in [3.05, 3.63) is 30.3 Å². The number of hydrogen-bond acceptors (Lipinski definition) is 3. The Hall–Kier alpha value is -2.37. The van der Waals surface area contributed by atoms with Crippen molar-refractivity contribution in [3.63, 3.8) is 0 Å². The largest absolute Gasteiger partial charge is 0.480 e. The number of carboxylic acid groups (broad SMARTS) is 1. The van der Waals surface area contributed by atoms with Crippen LogP contribution in [0.15, 0.2) is 30.3 Å². The second kappa shape index (κ2) is 8.31. The minimum absolute atomic E-state index is 0.0265. The fourth-order valence-electron chi connectivity index (χ4n) is 2.70. The van der Waals surface area contributed by atoms with Crippen LogP contribution >= 0.6 is 0 Å². The maximum Gasteiger partial charge on any atom is 0.323 e. The molecule has 6 heteroatoms. The van der Waals surface area contributed by atoms with Crippen molar-refractivity contribution in [1.82, 2.24) is 4.90 Å². The lowest BCUT2D eigenvalue weighted by molar-refractivity contribution is -0.137. The van der Waals surface area contributed by atoms with E-state index in [0.717, 1.165) is 25.7 Å². The predicted molar refractivity (Wildman–Crippen MR) is 86.1 cm³/mol. The van der Waals surface area contributed by atoms with Gasteiger partial charge in [-0.05, 0) is 25.0 Å². The smallest absolute Gasteiger partial charge is 0.323 e. The van der Waals surface area contributed by atoms with Crippen LogP contribution in [0, 0.1) is 0 Å². The summed E-state index contributed by atoms with van der Waals surface area (Å²) in [4.78, 5) is 38.5. The third-order valence-corrected chi connectivity index (χ3v) is 3.91. The third kappa shape index (κ3) is 5.09. The zero-order valence-corrected chi connectivity index (χ0v) is 13.1. The zero-order valence-electron chi connectivity index (χ0n) is 13.1. The van der Waals surface area contributed by atoms with Crippen LogP contribution in [-0.4, -0.2) is 47.4 Å². The van der Waals surface area contributed by atoms with E-state index in [1.807, 2.05) is 0 Å². The molecule has 0 spiro atoms. The highest BCUT2D eigenvalue weighted by atomic mass is 16.4. The summed E-state index contributed by atoms with van der Waals surface area (Å²) in [6, 6.07) is 8.68. The van der Waals surface area contributed by atoms with Crippen molar-refractivity contribution in [2.24, 2.45) is 0 Å². The molecule has 0 radical (unpaired) electrons. The molecular formula is C17H22N2O4. The molecule has 0 aromatic heterocycles. The maximum atomic E-state index is 12.6. The van der Waals surface area contributed by atoms with Gasteiger partial charge in [-0.15, -0.1) is 0 Å². The SMILES string of the molecule is O=C(O)CN(C(=O)CN1CCCCCCC1=O)c1ccccc1. The molecule has 23 heavy (non-hydrogen) atoms. The Kier molecular flexibility index (Phi) is 6.14. The van der Waals surface area contributed by atoms with E-state index >= 15 is 0 Å². The molecule has 1 saturated heterocycles. The molecule has 0 saturated carbocycles. The number of anilines is 1. The molecule has 1 aromatic carbocycles. The number of para-hydroxylation sites is 1. The number of rotatable bonds is 5. The van der Waals surface area contributed by atoms with Gasteiger partial charge in [0.2, 0.25) is 11.8 Å². The lowest BCUT2D eigenvalue weighted by Crippen LogP contribution is -2.45. The van der Waals surface area contributed by atoms with E-state index in [1.54, 1.807) is 35.2 Å². The van der Waals surface area contributed by atoms with Gasteiger partial charge in [0.25, 0.3) is 0 Å². The number of carbonyl (C=O) groups excluding carboxylic acids is 2. The van der Waals surface area contributed by atoms with Crippen molar-refractivity contribution in [2.45, 2.75) is 32.1 Å². The Balaban J connectivity index is 2.10. The van der Waals surface area contributed by atoms with Gasteiger partial charge in [-0.3, -0.25) is 19.3 Å². The summed E-state index contributed by atoms with van der Waals surface area (Å²) in [7, 11) is 0.